The van der Waals surface area contributed by atoms with Gasteiger partial charge in [0.05, 0.1) is 6.04 Å². The fraction of sp³-hybridized carbons (Fsp3) is 0. The molecule has 0 amide bonds. The molecule has 0 aliphatic heterocycles. The summed E-state index contributed by atoms with van der Waals surface area (Å²) < 4.78 is 4.03. The van der Waals surface area contributed by atoms with Gasteiger partial charge in [0.1, 0.15) is 0 Å². The van der Waals surface area contributed by atoms with E-state index in [4.69, 9.17) is 11.8 Å². The molecule has 0 aliphatic carbocycles. The maximum absolute atomic E-state index is 6.10. The Bertz CT molecular complexity index is 529. The summed E-state index contributed by atoms with van der Waals surface area (Å²) in [4.78, 5) is 0. The van der Waals surface area contributed by atoms with Crippen LogP contribution < -0.4 is 13.9 Å². The minimum Gasteiger partial charge on any atom is -0.142 e. The Morgan fingerprint density at radius 3 is 1.29 bits per heavy atom. The van der Waals surface area contributed by atoms with Crippen LogP contribution in [0.1, 0.15) is 0 Å². The van der Waals surface area contributed by atoms with Crippen molar-refractivity contribution in [1.29, 1.82) is 0 Å². The van der Waals surface area contributed by atoms with Gasteiger partial charge in [-0.1, -0.05) is 30.0 Å². The molecule has 3 aromatic heterocycles. The summed E-state index contributed by atoms with van der Waals surface area (Å²) in [6, 6.07) is 11.1. The van der Waals surface area contributed by atoms with Crippen molar-refractivity contribution < 1.29 is 0 Å². The first-order valence-electron chi connectivity index (χ1n) is 5.04. The van der Waals surface area contributed by atoms with Crippen LogP contribution >= 0.6 is 40.0 Å². The molecular weight excluding hydrogens is 303 g/mol. The molecule has 0 aromatic carbocycles. The first kappa shape index (κ1) is 11.8. The van der Waals surface area contributed by atoms with Gasteiger partial charge in [0.15, 0.2) is 0 Å². The first-order chi connectivity index (χ1) is 8.32. The highest BCUT2D eigenvalue weighted by atomic mass is 32.4. The number of hydrogen-bond acceptors (Lipinski definition) is 4. The molecule has 0 radical (unpaired) electrons. The Labute approximate surface area is 118 Å². The van der Waals surface area contributed by atoms with Crippen LogP contribution in [0.2, 0.25) is 0 Å². The van der Waals surface area contributed by atoms with Gasteiger partial charge in [-0.15, -0.1) is 34.0 Å². The monoisotopic (exact) mass is 312 g/mol. The molecule has 3 rings (SSSR count). The highest BCUT2D eigenvalue weighted by Gasteiger charge is 2.27. The Hall–Kier alpha value is -0.250. The quantitative estimate of drug-likeness (QED) is 0.666. The van der Waals surface area contributed by atoms with Gasteiger partial charge in [-0.3, -0.25) is 0 Å². The molecule has 3 aromatic rings. The van der Waals surface area contributed by atoms with Crippen molar-refractivity contribution in [3.05, 3.63) is 52.5 Å². The SMILES string of the molecule is S=P(c1cccs1)(c1cccs1)c1cccs1. The highest BCUT2D eigenvalue weighted by molar-refractivity contribution is 8.29. The van der Waals surface area contributed by atoms with Crippen LogP contribution in [0.5, 0.6) is 0 Å². The van der Waals surface area contributed by atoms with Crippen LogP contribution in [0.25, 0.3) is 0 Å². The third kappa shape index (κ3) is 1.98. The Morgan fingerprint density at radius 1 is 0.706 bits per heavy atom. The lowest BCUT2D eigenvalue weighted by Crippen LogP contribution is -2.18. The van der Waals surface area contributed by atoms with Gasteiger partial charge in [-0.25, -0.2) is 0 Å². The second-order valence-electron chi connectivity index (χ2n) is 3.46. The molecule has 86 valence electrons. The molecule has 0 aliphatic rings. The van der Waals surface area contributed by atoms with Crippen molar-refractivity contribution in [2.24, 2.45) is 0 Å². The van der Waals surface area contributed by atoms with Gasteiger partial charge in [0, 0.05) is 13.9 Å². The summed E-state index contributed by atoms with van der Waals surface area (Å²) in [5, 5.41) is 6.37. The Kier molecular flexibility index (Phi) is 3.33. The summed E-state index contributed by atoms with van der Waals surface area (Å²) in [5.74, 6) is 0. The predicted molar refractivity (Wildman–Crippen MR) is 86.1 cm³/mol. The number of hydrogen-bond donors (Lipinski definition) is 0. The summed E-state index contributed by atoms with van der Waals surface area (Å²) in [6.45, 7) is 0. The third-order valence-electron chi connectivity index (χ3n) is 2.45. The maximum Gasteiger partial charge on any atom is 0.0665 e. The van der Waals surface area contributed by atoms with Crippen molar-refractivity contribution >= 4 is 65.7 Å². The fourth-order valence-corrected chi connectivity index (χ4v) is 10.9. The average Bonchev–Trinajstić information content (AvgIpc) is 3.10. The fourth-order valence-electron chi connectivity index (χ4n) is 1.67. The second kappa shape index (κ2) is 4.79. The van der Waals surface area contributed by atoms with Crippen molar-refractivity contribution in [3.63, 3.8) is 0 Å². The van der Waals surface area contributed by atoms with E-state index < -0.39 is 6.04 Å². The van der Waals surface area contributed by atoms with E-state index in [0.29, 0.717) is 0 Å². The average molecular weight is 312 g/mol. The number of thiophene rings is 3. The number of rotatable bonds is 3. The van der Waals surface area contributed by atoms with E-state index in [0.717, 1.165) is 0 Å². The van der Waals surface area contributed by atoms with Crippen LogP contribution in [0.15, 0.2) is 52.5 Å². The van der Waals surface area contributed by atoms with Crippen molar-refractivity contribution in [3.8, 4) is 0 Å². The van der Waals surface area contributed by atoms with Crippen LogP contribution in [-0.4, -0.2) is 0 Å². The molecular formula is C12H9PS4. The molecule has 0 saturated carbocycles. The molecule has 0 N–H and O–H groups in total. The molecule has 5 heteroatoms. The van der Waals surface area contributed by atoms with Crippen LogP contribution in [0.3, 0.4) is 0 Å². The highest BCUT2D eigenvalue weighted by Crippen LogP contribution is 2.46. The standard InChI is InChI=1S/C12H9PS4/c14-13(10-4-1-7-15-10,11-5-2-8-16-11)12-6-3-9-17-12/h1-9H. The predicted octanol–water partition coefficient (Wildman–Crippen LogP) is 3.63. The molecule has 3 heterocycles. The molecule has 0 saturated heterocycles. The zero-order valence-electron chi connectivity index (χ0n) is 8.78. The van der Waals surface area contributed by atoms with Gasteiger partial charge >= 0.3 is 0 Å². The zero-order chi connectivity index (χ0) is 11.7. The Morgan fingerprint density at radius 2 is 1.06 bits per heavy atom. The second-order valence-corrected chi connectivity index (χ2v) is 11.5. The van der Waals surface area contributed by atoms with Gasteiger partial charge in [-0.2, -0.15) is 0 Å². The molecule has 0 spiro atoms. The van der Waals surface area contributed by atoms with Gasteiger partial charge in [-0.05, 0) is 34.3 Å². The van der Waals surface area contributed by atoms with Gasteiger partial charge < -0.3 is 0 Å². The summed E-state index contributed by atoms with van der Waals surface area (Å²) in [6.07, 6.45) is 0. The molecule has 0 nitrogen and oxygen atoms in total. The lowest BCUT2D eigenvalue weighted by atomic mass is 10.7. The van der Waals surface area contributed by atoms with E-state index in [2.05, 4.69) is 52.5 Å². The zero-order valence-corrected chi connectivity index (χ0v) is 12.9. The van der Waals surface area contributed by atoms with E-state index in [-0.39, 0.29) is 0 Å². The molecule has 0 atom stereocenters. The minimum atomic E-state index is -1.74. The van der Waals surface area contributed by atoms with E-state index in [1.807, 2.05) is 0 Å². The van der Waals surface area contributed by atoms with E-state index in [1.165, 1.54) is 13.9 Å². The molecule has 0 unspecified atom stereocenters. The van der Waals surface area contributed by atoms with Crippen molar-refractivity contribution in [2.75, 3.05) is 0 Å². The normalized spacial score (nSPS) is 11.8. The third-order valence-corrected chi connectivity index (χ3v) is 13.0. The lowest BCUT2D eigenvalue weighted by Gasteiger charge is -2.17. The van der Waals surface area contributed by atoms with E-state index >= 15 is 0 Å². The topological polar surface area (TPSA) is 0 Å². The minimum absolute atomic E-state index is 1.34. The molecule has 0 bridgehead atoms. The first-order valence-corrected chi connectivity index (χ1v) is 10.5. The largest absolute Gasteiger partial charge is 0.142 e. The Balaban J connectivity index is 2.26. The van der Waals surface area contributed by atoms with Crippen LogP contribution in [0.4, 0.5) is 0 Å². The molecule has 0 fully saturated rings. The summed E-state index contributed by atoms with van der Waals surface area (Å²) in [5.41, 5.74) is 0. The van der Waals surface area contributed by atoms with Gasteiger partial charge in [0.25, 0.3) is 0 Å². The lowest BCUT2D eigenvalue weighted by molar-refractivity contribution is 2.04. The van der Waals surface area contributed by atoms with Crippen molar-refractivity contribution in [2.45, 2.75) is 0 Å². The summed E-state index contributed by atoms with van der Waals surface area (Å²) >= 11 is 11.5. The summed E-state index contributed by atoms with van der Waals surface area (Å²) in [7, 11) is 0. The van der Waals surface area contributed by atoms with Crippen molar-refractivity contribution in [1.82, 2.24) is 0 Å². The van der Waals surface area contributed by atoms with E-state index in [9.17, 15) is 0 Å². The smallest absolute Gasteiger partial charge is 0.0665 e. The maximum atomic E-state index is 6.10. The molecule has 17 heavy (non-hydrogen) atoms. The van der Waals surface area contributed by atoms with Crippen LogP contribution in [-0.2, 0) is 11.8 Å². The van der Waals surface area contributed by atoms with E-state index in [1.54, 1.807) is 34.0 Å². The van der Waals surface area contributed by atoms with Gasteiger partial charge in [0.2, 0.25) is 0 Å². The van der Waals surface area contributed by atoms with Crippen LogP contribution in [0, 0.1) is 0 Å².